The number of benzene rings is 2. The minimum Gasteiger partial charge on any atom is -0.476 e. The largest absolute Gasteiger partial charge is 0.490 e. The summed E-state index contributed by atoms with van der Waals surface area (Å²) in [6, 6.07) is 13.8. The lowest BCUT2D eigenvalue weighted by Crippen LogP contribution is -2.41. The molecule has 0 saturated carbocycles. The molecule has 3 heterocycles. The number of anilines is 1. The molecule has 2 aromatic carbocycles. The highest BCUT2D eigenvalue weighted by atomic mass is 19.4. The number of halogens is 3. The predicted octanol–water partition coefficient (Wildman–Crippen LogP) is 3.17. The van der Waals surface area contributed by atoms with E-state index in [0.717, 1.165) is 19.4 Å². The van der Waals surface area contributed by atoms with Crippen LogP contribution in [0.4, 0.5) is 18.9 Å². The van der Waals surface area contributed by atoms with E-state index in [1.54, 1.807) is 18.2 Å². The number of H-pyrrole nitrogens is 1. The van der Waals surface area contributed by atoms with Crippen molar-refractivity contribution in [2.75, 3.05) is 24.5 Å². The predicted molar refractivity (Wildman–Crippen MR) is 119 cm³/mol. The van der Waals surface area contributed by atoms with Crippen LogP contribution in [-0.4, -0.2) is 75.0 Å². The number of aromatic carboxylic acids is 1. The molecule has 0 radical (unpaired) electrons. The van der Waals surface area contributed by atoms with Gasteiger partial charge in [0.15, 0.2) is 5.69 Å². The highest BCUT2D eigenvalue weighted by Crippen LogP contribution is 2.34. The summed E-state index contributed by atoms with van der Waals surface area (Å²) >= 11 is 0. The number of fused-ring (bicyclic) bond motifs is 4. The number of carbonyl (C=O) groups excluding carboxylic acids is 1. The van der Waals surface area contributed by atoms with Gasteiger partial charge in [-0.15, -0.1) is 0 Å². The summed E-state index contributed by atoms with van der Waals surface area (Å²) in [4.78, 5) is 37.8. The fraction of sp³-hybridized carbons (Fsp3) is 0.304. The van der Waals surface area contributed by atoms with Gasteiger partial charge in [-0.2, -0.15) is 18.3 Å². The van der Waals surface area contributed by atoms with E-state index in [1.807, 2.05) is 4.90 Å². The third-order valence-electron chi connectivity index (χ3n) is 6.00. The number of nitrogens with zero attached hydrogens (tertiary/aromatic N) is 3. The molecule has 1 unspecified atom stereocenters. The van der Waals surface area contributed by atoms with Gasteiger partial charge in [0.05, 0.1) is 11.6 Å². The summed E-state index contributed by atoms with van der Waals surface area (Å²) in [5.41, 5.74) is 3.68. The van der Waals surface area contributed by atoms with Crippen LogP contribution in [-0.2, 0) is 11.2 Å². The Balaban J connectivity index is 0.000000364. The fourth-order valence-electron chi connectivity index (χ4n) is 4.45. The Morgan fingerprint density at radius 1 is 1.06 bits per heavy atom. The summed E-state index contributed by atoms with van der Waals surface area (Å²) in [6.45, 7) is 2.31. The van der Waals surface area contributed by atoms with E-state index >= 15 is 0 Å². The van der Waals surface area contributed by atoms with Crippen molar-refractivity contribution in [2.24, 2.45) is 0 Å². The van der Waals surface area contributed by atoms with E-state index in [4.69, 9.17) is 9.90 Å². The summed E-state index contributed by atoms with van der Waals surface area (Å²) in [5, 5.41) is 23.4. The van der Waals surface area contributed by atoms with Gasteiger partial charge in [-0.25, -0.2) is 9.59 Å². The monoisotopic (exact) mass is 490 g/mol. The first-order valence-electron chi connectivity index (χ1n) is 10.7. The summed E-state index contributed by atoms with van der Waals surface area (Å²) < 4.78 is 31.7. The molecule has 1 amide bonds. The molecular formula is C23H21F3N4O5. The van der Waals surface area contributed by atoms with Crippen molar-refractivity contribution >= 4 is 34.4 Å². The Kier molecular flexibility index (Phi) is 6.37. The third-order valence-corrected chi connectivity index (χ3v) is 6.00. The molecule has 1 atom stereocenters. The molecule has 1 fully saturated rings. The van der Waals surface area contributed by atoms with Crippen molar-refractivity contribution in [3.05, 3.63) is 59.3 Å². The Hall–Kier alpha value is -4.09. The maximum absolute atomic E-state index is 13.2. The van der Waals surface area contributed by atoms with Crippen LogP contribution in [0.3, 0.4) is 0 Å². The van der Waals surface area contributed by atoms with Crippen LogP contribution in [0.15, 0.2) is 42.5 Å². The lowest BCUT2D eigenvalue weighted by Gasteiger charge is -2.27. The van der Waals surface area contributed by atoms with Gasteiger partial charge in [-0.1, -0.05) is 18.2 Å². The number of aliphatic carboxylic acids is 1. The molecule has 0 spiro atoms. The van der Waals surface area contributed by atoms with Crippen LogP contribution in [0, 0.1) is 0 Å². The van der Waals surface area contributed by atoms with Gasteiger partial charge in [0.25, 0.3) is 5.91 Å². The molecule has 3 N–H and O–H groups in total. The molecule has 2 aliphatic rings. The van der Waals surface area contributed by atoms with Crippen molar-refractivity contribution in [2.45, 2.75) is 25.1 Å². The number of amides is 1. The number of aromatic nitrogens is 2. The van der Waals surface area contributed by atoms with Gasteiger partial charge in [-0.3, -0.25) is 9.89 Å². The quantitative estimate of drug-likeness (QED) is 0.504. The zero-order valence-electron chi connectivity index (χ0n) is 18.2. The number of carboxylic acids is 2. The minimum atomic E-state index is -5.08. The average Bonchev–Trinajstić information content (AvgIpc) is 3.32. The first-order valence-corrected chi connectivity index (χ1v) is 10.7. The van der Waals surface area contributed by atoms with Crippen LogP contribution >= 0.6 is 0 Å². The molecular weight excluding hydrogens is 469 g/mol. The first-order chi connectivity index (χ1) is 16.6. The number of aromatic amines is 1. The highest BCUT2D eigenvalue weighted by Gasteiger charge is 2.38. The number of alkyl halides is 3. The number of carbonyl (C=O) groups is 3. The Morgan fingerprint density at radius 2 is 1.77 bits per heavy atom. The minimum absolute atomic E-state index is 0.0575. The summed E-state index contributed by atoms with van der Waals surface area (Å²) in [6.07, 6.45) is -3.23. The number of rotatable bonds is 2. The fourth-order valence-corrected chi connectivity index (χ4v) is 4.45. The van der Waals surface area contributed by atoms with E-state index in [2.05, 4.69) is 39.4 Å². The molecule has 1 aromatic heterocycles. The molecule has 12 heteroatoms. The van der Waals surface area contributed by atoms with E-state index in [0.29, 0.717) is 29.6 Å². The van der Waals surface area contributed by atoms with E-state index in [-0.39, 0.29) is 17.6 Å². The molecule has 184 valence electrons. The zero-order chi connectivity index (χ0) is 25.3. The highest BCUT2D eigenvalue weighted by molar-refractivity contribution is 6.04. The van der Waals surface area contributed by atoms with Gasteiger partial charge >= 0.3 is 18.1 Å². The van der Waals surface area contributed by atoms with Crippen LogP contribution in [0.25, 0.3) is 10.9 Å². The number of hydrogen-bond acceptors (Lipinski definition) is 5. The lowest BCUT2D eigenvalue weighted by molar-refractivity contribution is -0.192. The van der Waals surface area contributed by atoms with Gasteiger partial charge < -0.3 is 20.0 Å². The Bertz CT molecular complexity index is 1290. The van der Waals surface area contributed by atoms with Crippen LogP contribution in [0.2, 0.25) is 0 Å². The Labute approximate surface area is 196 Å². The molecule has 9 nitrogen and oxygen atoms in total. The van der Waals surface area contributed by atoms with Crippen molar-refractivity contribution < 1.29 is 37.8 Å². The third kappa shape index (κ3) is 4.91. The number of hydrogen-bond donors (Lipinski definition) is 3. The first kappa shape index (κ1) is 24.0. The van der Waals surface area contributed by atoms with Gasteiger partial charge in [-0.05, 0) is 42.7 Å². The second-order valence-corrected chi connectivity index (χ2v) is 8.23. The van der Waals surface area contributed by atoms with Crippen LogP contribution in [0.5, 0.6) is 0 Å². The van der Waals surface area contributed by atoms with E-state index in [9.17, 15) is 27.9 Å². The molecule has 0 aliphatic carbocycles. The lowest BCUT2D eigenvalue weighted by atomic mass is 10.1. The molecule has 3 aromatic rings. The zero-order valence-corrected chi connectivity index (χ0v) is 18.2. The van der Waals surface area contributed by atoms with Crippen molar-refractivity contribution in [3.8, 4) is 0 Å². The number of nitrogens with one attached hydrogen (secondary N) is 1. The van der Waals surface area contributed by atoms with Gasteiger partial charge in [0.2, 0.25) is 0 Å². The number of para-hydroxylation sites is 1. The van der Waals surface area contributed by atoms with Crippen molar-refractivity contribution in [1.82, 2.24) is 15.1 Å². The van der Waals surface area contributed by atoms with Crippen molar-refractivity contribution in [1.29, 1.82) is 0 Å². The van der Waals surface area contributed by atoms with Crippen LogP contribution in [0.1, 0.15) is 32.8 Å². The van der Waals surface area contributed by atoms with E-state index in [1.165, 1.54) is 11.3 Å². The van der Waals surface area contributed by atoms with Gasteiger partial charge in [0.1, 0.15) is 0 Å². The molecule has 35 heavy (non-hydrogen) atoms. The van der Waals surface area contributed by atoms with Crippen LogP contribution < -0.4 is 4.90 Å². The maximum atomic E-state index is 13.2. The van der Waals surface area contributed by atoms with E-state index < -0.39 is 18.1 Å². The maximum Gasteiger partial charge on any atom is 0.490 e. The summed E-state index contributed by atoms with van der Waals surface area (Å²) in [5.74, 6) is -3.92. The molecule has 1 saturated heterocycles. The molecule has 0 bridgehead atoms. The topological polar surface area (TPSA) is 127 Å². The Morgan fingerprint density at radius 3 is 2.46 bits per heavy atom. The average molecular weight is 490 g/mol. The number of carboxylic acid groups (broad SMARTS) is 2. The smallest absolute Gasteiger partial charge is 0.476 e. The van der Waals surface area contributed by atoms with Crippen molar-refractivity contribution in [3.63, 3.8) is 0 Å². The van der Waals surface area contributed by atoms with Gasteiger partial charge in [0, 0.05) is 36.3 Å². The SMILES string of the molecule is O=C(O)C(F)(F)F.O=C(O)c1n[nH]c2ccc(C(=O)N3CCCN4c5ccccc5CC4C3)cc12. The second-order valence-electron chi connectivity index (χ2n) is 8.23. The molecule has 2 aliphatic heterocycles. The molecule has 5 rings (SSSR count). The second kappa shape index (κ2) is 9.28. The normalized spacial score (nSPS) is 17.2. The standard InChI is InChI=1S/C21H20N4O3.C2HF3O2/c26-20(14-6-7-17-16(11-14)19(21(27)28)23-22-17)24-8-3-9-25-15(12-24)10-13-4-1-2-5-18(13)25;3-2(4,5)1(6)7/h1-2,4-7,11,15H,3,8-10,12H2,(H,22,23)(H,27,28);(H,6,7). The summed E-state index contributed by atoms with van der Waals surface area (Å²) in [7, 11) is 0.